The van der Waals surface area contributed by atoms with Crippen LogP contribution in [0.2, 0.25) is 0 Å². The first-order chi connectivity index (χ1) is 8.13. The van der Waals surface area contributed by atoms with Crippen LogP contribution < -0.4 is 11.1 Å². The second-order valence-corrected chi connectivity index (χ2v) is 5.58. The van der Waals surface area contributed by atoms with Gasteiger partial charge in [-0.2, -0.15) is 0 Å². The van der Waals surface area contributed by atoms with Gasteiger partial charge in [0.15, 0.2) is 0 Å². The number of aliphatic hydroxyl groups excluding tert-OH is 1. The van der Waals surface area contributed by atoms with Gasteiger partial charge in [-0.05, 0) is 43.9 Å². The van der Waals surface area contributed by atoms with Crippen molar-refractivity contribution in [1.29, 1.82) is 0 Å². The molecule has 5 unspecified atom stereocenters. The molecule has 2 saturated carbocycles. The predicted molar refractivity (Wildman–Crippen MR) is 73.5 cm³/mol. The fourth-order valence-electron chi connectivity index (χ4n) is 3.41. The normalized spacial score (nSPS) is 35.1. The number of halogens is 1. The molecule has 0 aromatic heterocycles. The first-order valence-corrected chi connectivity index (χ1v) is 6.84. The minimum Gasteiger partial charge on any atom is -0.393 e. The highest BCUT2D eigenvalue weighted by molar-refractivity contribution is 5.85. The van der Waals surface area contributed by atoms with Crippen LogP contribution in [0.5, 0.6) is 0 Å². The van der Waals surface area contributed by atoms with Gasteiger partial charge in [0.1, 0.15) is 0 Å². The Morgan fingerprint density at radius 3 is 2.67 bits per heavy atom. The predicted octanol–water partition coefficient (Wildman–Crippen LogP) is 1.06. The summed E-state index contributed by atoms with van der Waals surface area (Å²) >= 11 is 0. The number of hydrogen-bond donors (Lipinski definition) is 3. The third-order valence-corrected chi connectivity index (χ3v) is 4.53. The molecule has 2 aliphatic carbocycles. The Morgan fingerprint density at radius 2 is 2.11 bits per heavy atom. The molecule has 5 atom stereocenters. The lowest BCUT2D eigenvalue weighted by molar-refractivity contribution is -0.127. The molecule has 2 aliphatic rings. The number of carbonyl (C=O) groups excluding carboxylic acids is 1. The molecule has 2 rings (SSSR count). The molecule has 0 saturated heterocycles. The number of aliphatic hydroxyl groups is 1. The first kappa shape index (κ1) is 15.7. The van der Waals surface area contributed by atoms with Crippen molar-refractivity contribution in [3.8, 4) is 0 Å². The second-order valence-electron chi connectivity index (χ2n) is 5.58. The number of hydrogen-bond acceptors (Lipinski definition) is 3. The molecule has 0 aliphatic heterocycles. The Labute approximate surface area is 115 Å². The summed E-state index contributed by atoms with van der Waals surface area (Å²) in [6, 6.07) is 0.0600. The van der Waals surface area contributed by atoms with E-state index in [1.165, 1.54) is 6.42 Å². The Morgan fingerprint density at radius 1 is 1.44 bits per heavy atom. The highest BCUT2D eigenvalue weighted by Gasteiger charge is 2.48. The lowest BCUT2D eigenvalue weighted by Crippen LogP contribution is -2.45. The van der Waals surface area contributed by atoms with E-state index in [0.29, 0.717) is 24.8 Å². The molecule has 4 nitrogen and oxygen atoms in total. The summed E-state index contributed by atoms with van der Waals surface area (Å²) in [6.07, 6.45) is 4.57. The molecule has 2 fully saturated rings. The molecule has 0 spiro atoms. The summed E-state index contributed by atoms with van der Waals surface area (Å²) in [6.45, 7) is 2.51. The quantitative estimate of drug-likeness (QED) is 0.703. The van der Waals surface area contributed by atoms with Gasteiger partial charge < -0.3 is 16.2 Å². The fraction of sp³-hybridized carbons (Fsp3) is 0.923. The van der Waals surface area contributed by atoms with Gasteiger partial charge >= 0.3 is 0 Å². The van der Waals surface area contributed by atoms with Crippen molar-refractivity contribution >= 4 is 18.3 Å². The van der Waals surface area contributed by atoms with Crippen molar-refractivity contribution in [3.63, 3.8) is 0 Å². The molecule has 5 heteroatoms. The SMILES string of the molecule is CCC(O)CCNC(=O)C1C2CCC(C2)C1N.Cl. The summed E-state index contributed by atoms with van der Waals surface area (Å²) < 4.78 is 0. The summed E-state index contributed by atoms with van der Waals surface area (Å²) in [5, 5.41) is 12.3. The van der Waals surface area contributed by atoms with E-state index in [4.69, 9.17) is 5.73 Å². The van der Waals surface area contributed by atoms with E-state index in [2.05, 4.69) is 5.32 Å². The van der Waals surface area contributed by atoms with Gasteiger partial charge in [-0.15, -0.1) is 12.4 Å². The number of rotatable bonds is 5. The average Bonchev–Trinajstić information content (AvgIpc) is 2.88. The Kier molecular flexibility index (Phi) is 5.89. The third kappa shape index (κ3) is 3.16. The summed E-state index contributed by atoms with van der Waals surface area (Å²) in [7, 11) is 0. The molecule has 1 amide bonds. The zero-order valence-electron chi connectivity index (χ0n) is 11.0. The molecular formula is C13H25ClN2O2. The standard InChI is InChI=1S/C13H24N2O2.ClH/c1-2-10(16)5-6-15-13(17)11-8-3-4-9(7-8)12(11)14;/h8-12,16H,2-7,14H2,1H3,(H,15,17);1H. The van der Waals surface area contributed by atoms with E-state index < -0.39 is 0 Å². The zero-order chi connectivity index (χ0) is 12.4. The van der Waals surface area contributed by atoms with Crippen LogP contribution in [0.15, 0.2) is 0 Å². The summed E-state index contributed by atoms with van der Waals surface area (Å²) in [5.41, 5.74) is 6.11. The summed E-state index contributed by atoms with van der Waals surface area (Å²) in [5.74, 6) is 1.20. The van der Waals surface area contributed by atoms with Gasteiger partial charge in [0.25, 0.3) is 0 Å². The van der Waals surface area contributed by atoms with Gasteiger partial charge in [0.2, 0.25) is 5.91 Å². The van der Waals surface area contributed by atoms with E-state index in [-0.39, 0.29) is 36.4 Å². The maximum Gasteiger partial charge on any atom is 0.224 e. The average molecular weight is 277 g/mol. The van der Waals surface area contributed by atoms with Crippen LogP contribution in [0, 0.1) is 17.8 Å². The minimum absolute atomic E-state index is 0. The van der Waals surface area contributed by atoms with Crippen molar-refractivity contribution in [2.24, 2.45) is 23.5 Å². The Bertz CT molecular complexity index is 286. The topological polar surface area (TPSA) is 75.3 Å². The third-order valence-electron chi connectivity index (χ3n) is 4.53. The van der Waals surface area contributed by atoms with E-state index in [1.54, 1.807) is 0 Å². The van der Waals surface area contributed by atoms with Crippen LogP contribution in [0.25, 0.3) is 0 Å². The number of nitrogens with two attached hydrogens (primary N) is 1. The highest BCUT2D eigenvalue weighted by atomic mass is 35.5. The maximum atomic E-state index is 12.0. The van der Waals surface area contributed by atoms with Crippen molar-refractivity contribution in [2.75, 3.05) is 6.54 Å². The lowest BCUT2D eigenvalue weighted by atomic mass is 9.84. The molecule has 0 aromatic carbocycles. The van der Waals surface area contributed by atoms with E-state index >= 15 is 0 Å². The van der Waals surface area contributed by atoms with Gasteiger partial charge in [0, 0.05) is 12.6 Å². The number of carbonyl (C=O) groups is 1. The first-order valence-electron chi connectivity index (χ1n) is 6.84. The van der Waals surface area contributed by atoms with Crippen molar-refractivity contribution in [1.82, 2.24) is 5.32 Å². The van der Waals surface area contributed by atoms with E-state index in [1.807, 2.05) is 6.92 Å². The fourth-order valence-corrected chi connectivity index (χ4v) is 3.41. The molecule has 2 bridgehead atoms. The van der Waals surface area contributed by atoms with E-state index in [9.17, 15) is 9.90 Å². The van der Waals surface area contributed by atoms with Gasteiger partial charge in [-0.25, -0.2) is 0 Å². The smallest absolute Gasteiger partial charge is 0.224 e. The second kappa shape index (κ2) is 6.73. The molecule has 18 heavy (non-hydrogen) atoms. The van der Waals surface area contributed by atoms with Crippen LogP contribution in [-0.2, 0) is 4.79 Å². The van der Waals surface area contributed by atoms with Crippen molar-refractivity contribution in [3.05, 3.63) is 0 Å². The van der Waals surface area contributed by atoms with Gasteiger partial charge in [-0.3, -0.25) is 4.79 Å². The van der Waals surface area contributed by atoms with Crippen LogP contribution in [0.3, 0.4) is 0 Å². The largest absolute Gasteiger partial charge is 0.393 e. The maximum absolute atomic E-state index is 12.0. The van der Waals surface area contributed by atoms with Crippen molar-refractivity contribution < 1.29 is 9.90 Å². The number of amides is 1. The van der Waals surface area contributed by atoms with Gasteiger partial charge in [0.05, 0.1) is 12.0 Å². The summed E-state index contributed by atoms with van der Waals surface area (Å²) in [4.78, 5) is 12.0. The Balaban J connectivity index is 0.00000162. The molecule has 0 radical (unpaired) electrons. The number of fused-ring (bicyclic) bond motifs is 2. The van der Waals surface area contributed by atoms with Crippen LogP contribution >= 0.6 is 12.4 Å². The van der Waals surface area contributed by atoms with Crippen LogP contribution in [0.4, 0.5) is 0 Å². The number of nitrogens with one attached hydrogen (secondary N) is 1. The monoisotopic (exact) mass is 276 g/mol. The van der Waals surface area contributed by atoms with Crippen molar-refractivity contribution in [2.45, 2.75) is 51.2 Å². The molecule has 0 aromatic rings. The molecular weight excluding hydrogens is 252 g/mol. The molecule has 4 N–H and O–H groups in total. The highest BCUT2D eigenvalue weighted by Crippen LogP contribution is 2.47. The van der Waals surface area contributed by atoms with Crippen LogP contribution in [-0.4, -0.2) is 29.7 Å². The Hall–Kier alpha value is -0.320. The molecule has 106 valence electrons. The van der Waals surface area contributed by atoms with Gasteiger partial charge in [-0.1, -0.05) is 6.92 Å². The minimum atomic E-state index is -0.302. The van der Waals surface area contributed by atoms with E-state index in [0.717, 1.165) is 19.3 Å². The zero-order valence-corrected chi connectivity index (χ0v) is 11.8. The van der Waals surface area contributed by atoms with Crippen LogP contribution in [0.1, 0.15) is 39.0 Å². The molecule has 0 heterocycles. The lowest BCUT2D eigenvalue weighted by Gasteiger charge is -2.27.